The molecule has 0 aliphatic rings. The molecule has 0 unspecified atom stereocenters. The van der Waals surface area contributed by atoms with Crippen LogP contribution >= 0.6 is 0 Å². The van der Waals surface area contributed by atoms with Gasteiger partial charge >= 0.3 is 0 Å². The van der Waals surface area contributed by atoms with Crippen LogP contribution < -0.4 is 0 Å². The van der Waals surface area contributed by atoms with E-state index >= 15 is 0 Å². The second kappa shape index (κ2) is 17.7. The van der Waals surface area contributed by atoms with Gasteiger partial charge < -0.3 is 4.90 Å². The number of halogens is 3. The highest BCUT2D eigenvalue weighted by molar-refractivity contribution is 4.53. The highest BCUT2D eigenvalue weighted by Crippen LogP contribution is 1.94. The minimum atomic E-state index is 0. The Labute approximate surface area is 79.6 Å². The van der Waals surface area contributed by atoms with Gasteiger partial charge in [0.25, 0.3) is 0 Å². The summed E-state index contributed by atoms with van der Waals surface area (Å²) in [6, 6.07) is 0. The van der Waals surface area contributed by atoms with E-state index in [1.165, 1.54) is 38.9 Å². The molecule has 0 rings (SSSR count). The van der Waals surface area contributed by atoms with Crippen LogP contribution in [0.4, 0.5) is 14.1 Å². The van der Waals surface area contributed by atoms with Gasteiger partial charge in [-0.2, -0.15) is 0 Å². The maximum Gasteiger partial charge on any atom is -0.00214 e. The predicted molar refractivity (Wildman–Crippen MR) is 54.8 cm³/mol. The molecule has 0 fully saturated rings. The molecule has 4 heteroatoms. The van der Waals surface area contributed by atoms with E-state index in [4.69, 9.17) is 0 Å². The monoisotopic (exact) mass is 203 g/mol. The Bertz CT molecular complexity index is 57.6. The zero-order valence-corrected chi connectivity index (χ0v) is 8.91. The van der Waals surface area contributed by atoms with Crippen molar-refractivity contribution in [2.45, 2.75) is 40.0 Å². The van der Waals surface area contributed by atoms with Crippen LogP contribution in [0.2, 0.25) is 0 Å². The van der Waals surface area contributed by atoms with Gasteiger partial charge in [0.15, 0.2) is 0 Å². The standard InChI is InChI=1S/C9H21N.3FH/c1-4-7-10(8-5-2)9-6-3;;;/h4-9H2,1-3H3;3*1H. The quantitative estimate of drug-likeness (QED) is 0.641. The van der Waals surface area contributed by atoms with Crippen molar-refractivity contribution in [2.24, 2.45) is 0 Å². The summed E-state index contributed by atoms with van der Waals surface area (Å²) in [5.41, 5.74) is 0. The molecule has 0 spiro atoms. The SMILES string of the molecule is CCCN(CCC)CCC.F.F.F. The molecule has 0 amide bonds. The first kappa shape index (κ1) is 23.0. The Kier molecular flexibility index (Phi) is 31.4. The van der Waals surface area contributed by atoms with Crippen molar-refractivity contribution < 1.29 is 14.1 Å². The van der Waals surface area contributed by atoms with Gasteiger partial charge in [0, 0.05) is 0 Å². The summed E-state index contributed by atoms with van der Waals surface area (Å²) < 4.78 is 0. The van der Waals surface area contributed by atoms with Gasteiger partial charge in [-0.25, -0.2) is 0 Å². The fourth-order valence-corrected chi connectivity index (χ4v) is 1.28. The molecule has 0 aromatic rings. The third-order valence-electron chi connectivity index (χ3n) is 1.62. The first-order valence-corrected chi connectivity index (χ1v) is 4.57. The maximum atomic E-state index is 2.54. The number of hydrogen-bond donors (Lipinski definition) is 0. The molecule has 0 aromatic carbocycles. The van der Waals surface area contributed by atoms with Crippen LogP contribution in [0.1, 0.15) is 40.0 Å². The van der Waals surface area contributed by atoms with Gasteiger partial charge in [-0.1, -0.05) is 20.8 Å². The Balaban J connectivity index is -0.000000135. The minimum absolute atomic E-state index is 0. The van der Waals surface area contributed by atoms with Crippen LogP contribution in [0, 0.1) is 0 Å². The lowest BCUT2D eigenvalue weighted by Crippen LogP contribution is -2.25. The number of nitrogens with zero attached hydrogens (tertiary/aromatic N) is 1. The van der Waals surface area contributed by atoms with Crippen molar-refractivity contribution in [3.8, 4) is 0 Å². The van der Waals surface area contributed by atoms with Crippen LogP contribution in [0.25, 0.3) is 0 Å². The molecule has 0 bridgehead atoms. The van der Waals surface area contributed by atoms with E-state index in [1.54, 1.807) is 0 Å². The molecular formula is C9H24F3N. The molecule has 0 atom stereocenters. The summed E-state index contributed by atoms with van der Waals surface area (Å²) in [5, 5.41) is 0. The Hall–Kier alpha value is -0.250. The van der Waals surface area contributed by atoms with Crippen molar-refractivity contribution in [1.29, 1.82) is 0 Å². The fourth-order valence-electron chi connectivity index (χ4n) is 1.28. The van der Waals surface area contributed by atoms with E-state index < -0.39 is 0 Å². The molecule has 0 heterocycles. The first-order chi connectivity index (χ1) is 4.85. The molecular weight excluding hydrogens is 179 g/mol. The summed E-state index contributed by atoms with van der Waals surface area (Å²) in [5.74, 6) is 0. The van der Waals surface area contributed by atoms with E-state index in [0.29, 0.717) is 0 Å². The molecule has 0 saturated heterocycles. The molecule has 0 aliphatic heterocycles. The number of hydrogen-bond acceptors (Lipinski definition) is 1. The summed E-state index contributed by atoms with van der Waals surface area (Å²) in [6.07, 6.45) is 3.88. The number of rotatable bonds is 6. The average Bonchev–Trinajstić information content (AvgIpc) is 1.90. The fraction of sp³-hybridized carbons (Fsp3) is 1.00. The van der Waals surface area contributed by atoms with Crippen LogP contribution in [0.15, 0.2) is 0 Å². The molecule has 0 radical (unpaired) electrons. The normalized spacial score (nSPS) is 8.31. The van der Waals surface area contributed by atoms with Crippen LogP contribution in [-0.4, -0.2) is 24.5 Å². The van der Waals surface area contributed by atoms with E-state index in [0.717, 1.165) is 0 Å². The molecule has 13 heavy (non-hydrogen) atoms. The summed E-state index contributed by atoms with van der Waals surface area (Å²) >= 11 is 0. The summed E-state index contributed by atoms with van der Waals surface area (Å²) in [6.45, 7) is 10.6. The lowest BCUT2D eigenvalue weighted by molar-refractivity contribution is 0.275. The van der Waals surface area contributed by atoms with E-state index in [2.05, 4.69) is 25.7 Å². The molecule has 86 valence electrons. The zero-order valence-electron chi connectivity index (χ0n) is 8.91. The lowest BCUT2D eigenvalue weighted by Gasteiger charge is -2.19. The van der Waals surface area contributed by atoms with Crippen LogP contribution in [0.5, 0.6) is 0 Å². The van der Waals surface area contributed by atoms with Crippen molar-refractivity contribution in [3.05, 3.63) is 0 Å². The van der Waals surface area contributed by atoms with Gasteiger partial charge in [0.05, 0.1) is 0 Å². The molecule has 0 aliphatic carbocycles. The first-order valence-electron chi connectivity index (χ1n) is 4.57. The van der Waals surface area contributed by atoms with Crippen molar-refractivity contribution >= 4 is 0 Å². The maximum absolute atomic E-state index is 2.54. The van der Waals surface area contributed by atoms with Gasteiger partial charge in [-0.05, 0) is 38.9 Å². The van der Waals surface area contributed by atoms with Crippen LogP contribution in [-0.2, 0) is 0 Å². The highest BCUT2D eigenvalue weighted by atomic mass is 19.0. The lowest BCUT2D eigenvalue weighted by atomic mass is 10.3. The summed E-state index contributed by atoms with van der Waals surface area (Å²) in [7, 11) is 0. The van der Waals surface area contributed by atoms with Crippen molar-refractivity contribution in [2.75, 3.05) is 19.6 Å². The van der Waals surface area contributed by atoms with E-state index in [1.807, 2.05) is 0 Å². The van der Waals surface area contributed by atoms with Gasteiger partial charge in [-0.15, -0.1) is 0 Å². The van der Waals surface area contributed by atoms with E-state index in [9.17, 15) is 0 Å². The third kappa shape index (κ3) is 14.6. The summed E-state index contributed by atoms with van der Waals surface area (Å²) in [4.78, 5) is 2.54. The van der Waals surface area contributed by atoms with Crippen molar-refractivity contribution in [3.63, 3.8) is 0 Å². The highest BCUT2D eigenvalue weighted by Gasteiger charge is 1.98. The molecule has 0 aromatic heterocycles. The zero-order chi connectivity index (χ0) is 7.82. The third-order valence-corrected chi connectivity index (χ3v) is 1.62. The molecule has 1 nitrogen and oxygen atoms in total. The Morgan fingerprint density at radius 1 is 0.615 bits per heavy atom. The largest absolute Gasteiger partial charge is 0.303 e. The van der Waals surface area contributed by atoms with Gasteiger partial charge in [0.2, 0.25) is 0 Å². The Morgan fingerprint density at radius 2 is 0.846 bits per heavy atom. The molecule has 0 N–H and O–H groups in total. The van der Waals surface area contributed by atoms with Gasteiger partial charge in [0.1, 0.15) is 0 Å². The smallest absolute Gasteiger partial charge is 0.00214 e. The van der Waals surface area contributed by atoms with Crippen molar-refractivity contribution in [1.82, 2.24) is 4.90 Å². The second-order valence-electron chi connectivity index (χ2n) is 2.84. The van der Waals surface area contributed by atoms with Crippen LogP contribution in [0.3, 0.4) is 0 Å². The topological polar surface area (TPSA) is 3.24 Å². The molecule has 0 saturated carbocycles. The van der Waals surface area contributed by atoms with E-state index in [-0.39, 0.29) is 14.1 Å². The van der Waals surface area contributed by atoms with Gasteiger partial charge in [-0.3, -0.25) is 14.1 Å². The second-order valence-corrected chi connectivity index (χ2v) is 2.84. The predicted octanol–water partition coefficient (Wildman–Crippen LogP) is 2.98. The Morgan fingerprint density at radius 3 is 1.00 bits per heavy atom. The minimum Gasteiger partial charge on any atom is -0.303 e. The average molecular weight is 203 g/mol.